The van der Waals surface area contributed by atoms with E-state index in [0.717, 1.165) is 5.56 Å². The lowest BCUT2D eigenvalue weighted by molar-refractivity contribution is -0.161. The van der Waals surface area contributed by atoms with Gasteiger partial charge in [-0.15, -0.1) is 0 Å². The molecule has 0 aromatic heterocycles. The van der Waals surface area contributed by atoms with Crippen molar-refractivity contribution in [3.05, 3.63) is 35.9 Å². The molecule has 0 aliphatic rings. The fourth-order valence-corrected chi connectivity index (χ4v) is 2.61. The first-order valence-electron chi connectivity index (χ1n) is 7.73. The Hall–Kier alpha value is -1.84. The van der Waals surface area contributed by atoms with Gasteiger partial charge >= 0.3 is 5.97 Å². The monoisotopic (exact) mass is 305 g/mol. The summed E-state index contributed by atoms with van der Waals surface area (Å²) >= 11 is 0. The van der Waals surface area contributed by atoms with E-state index in [0.29, 0.717) is 0 Å². The Kier molecular flexibility index (Phi) is 6.15. The Bertz CT molecular complexity index is 498. The highest BCUT2D eigenvalue weighted by Crippen LogP contribution is 2.25. The molecule has 0 saturated carbocycles. The van der Waals surface area contributed by atoms with Gasteiger partial charge in [0.2, 0.25) is 5.91 Å². The summed E-state index contributed by atoms with van der Waals surface area (Å²) in [5.41, 5.74) is 0.152. The van der Waals surface area contributed by atoms with Crippen LogP contribution in [0.3, 0.4) is 0 Å². The molecular formula is C18H27NO3. The minimum atomic E-state index is -0.751. The van der Waals surface area contributed by atoms with Gasteiger partial charge < -0.3 is 9.64 Å². The molecule has 0 aliphatic heterocycles. The molecule has 0 unspecified atom stereocenters. The number of carbonyl (C=O) groups is 2. The lowest BCUT2D eigenvalue weighted by Gasteiger charge is -2.31. The smallest absolute Gasteiger partial charge is 0.316 e. The maximum Gasteiger partial charge on any atom is 0.316 e. The highest BCUT2D eigenvalue weighted by atomic mass is 16.6. The number of hydrogen-bond acceptors (Lipinski definition) is 3. The van der Waals surface area contributed by atoms with Crippen LogP contribution in [0, 0.1) is 0 Å². The number of hydrogen-bond donors (Lipinski definition) is 0. The van der Waals surface area contributed by atoms with Crippen LogP contribution in [0.25, 0.3) is 0 Å². The standard InChI is InChI=1S/C18H27NO3/c1-13(2)19(14(3)4)16(20)12-17(21)22-18(5,6)15-10-8-7-9-11-15/h7-11,13-14H,12H2,1-6H3. The molecule has 0 fully saturated rings. The van der Waals surface area contributed by atoms with Crippen molar-refractivity contribution in [2.24, 2.45) is 0 Å². The molecule has 22 heavy (non-hydrogen) atoms. The Morgan fingerprint density at radius 1 is 1.05 bits per heavy atom. The van der Waals surface area contributed by atoms with Gasteiger partial charge in [-0.1, -0.05) is 30.3 Å². The number of amides is 1. The van der Waals surface area contributed by atoms with Gasteiger partial charge in [0, 0.05) is 12.1 Å². The van der Waals surface area contributed by atoms with Gasteiger partial charge in [0.1, 0.15) is 12.0 Å². The molecule has 0 heterocycles. The van der Waals surface area contributed by atoms with E-state index >= 15 is 0 Å². The van der Waals surface area contributed by atoms with E-state index in [1.54, 1.807) is 4.90 Å². The molecule has 1 aromatic carbocycles. The topological polar surface area (TPSA) is 46.6 Å². The summed E-state index contributed by atoms with van der Waals surface area (Å²) in [5, 5.41) is 0. The predicted octanol–water partition coefficient (Wildman–Crippen LogP) is 3.50. The van der Waals surface area contributed by atoms with Crippen molar-refractivity contribution in [3.8, 4) is 0 Å². The van der Waals surface area contributed by atoms with Crippen LogP contribution in [-0.2, 0) is 19.9 Å². The number of nitrogens with zero attached hydrogens (tertiary/aromatic N) is 1. The average Bonchev–Trinajstić information content (AvgIpc) is 2.37. The van der Waals surface area contributed by atoms with Crippen LogP contribution in [0.15, 0.2) is 30.3 Å². The maximum absolute atomic E-state index is 12.3. The van der Waals surface area contributed by atoms with Crippen molar-refractivity contribution in [2.45, 2.75) is 65.6 Å². The van der Waals surface area contributed by atoms with E-state index < -0.39 is 11.6 Å². The van der Waals surface area contributed by atoms with Crippen molar-refractivity contribution in [3.63, 3.8) is 0 Å². The second-order valence-electron chi connectivity index (χ2n) is 6.52. The van der Waals surface area contributed by atoms with Crippen LogP contribution < -0.4 is 0 Å². The number of ether oxygens (including phenoxy) is 1. The highest BCUT2D eigenvalue weighted by Gasteiger charge is 2.28. The van der Waals surface area contributed by atoms with E-state index in [1.165, 1.54) is 0 Å². The minimum absolute atomic E-state index is 0.0578. The van der Waals surface area contributed by atoms with Crippen LogP contribution in [0.2, 0.25) is 0 Å². The summed E-state index contributed by atoms with van der Waals surface area (Å²) in [6, 6.07) is 9.64. The molecule has 0 bridgehead atoms. The van der Waals surface area contributed by atoms with Crippen LogP contribution in [0.1, 0.15) is 53.5 Å². The van der Waals surface area contributed by atoms with Gasteiger partial charge in [-0.25, -0.2) is 0 Å². The molecule has 122 valence electrons. The largest absolute Gasteiger partial charge is 0.454 e. The van der Waals surface area contributed by atoms with Crippen LogP contribution in [-0.4, -0.2) is 28.9 Å². The van der Waals surface area contributed by atoms with E-state index in [9.17, 15) is 9.59 Å². The van der Waals surface area contributed by atoms with Gasteiger partial charge in [-0.3, -0.25) is 9.59 Å². The Morgan fingerprint density at radius 3 is 2.00 bits per heavy atom. The summed E-state index contributed by atoms with van der Waals surface area (Å²) in [5.74, 6) is -0.691. The zero-order chi connectivity index (χ0) is 16.9. The average molecular weight is 305 g/mol. The molecule has 4 heteroatoms. The van der Waals surface area contributed by atoms with Gasteiger partial charge in [0.25, 0.3) is 0 Å². The van der Waals surface area contributed by atoms with Crippen molar-refractivity contribution in [1.29, 1.82) is 0 Å². The zero-order valence-electron chi connectivity index (χ0n) is 14.4. The second-order valence-corrected chi connectivity index (χ2v) is 6.52. The molecule has 4 nitrogen and oxygen atoms in total. The third-order valence-electron chi connectivity index (χ3n) is 3.53. The van der Waals surface area contributed by atoms with Crippen LogP contribution in [0.5, 0.6) is 0 Å². The molecule has 0 spiro atoms. The molecule has 0 radical (unpaired) electrons. The lowest BCUT2D eigenvalue weighted by Crippen LogP contribution is -2.43. The SMILES string of the molecule is CC(C)N(C(=O)CC(=O)OC(C)(C)c1ccccc1)C(C)C. The van der Waals surface area contributed by atoms with Crippen molar-refractivity contribution >= 4 is 11.9 Å². The minimum Gasteiger partial charge on any atom is -0.454 e. The third kappa shape index (κ3) is 4.86. The molecular weight excluding hydrogens is 278 g/mol. The van der Waals surface area contributed by atoms with Crippen molar-refractivity contribution in [2.75, 3.05) is 0 Å². The first-order valence-corrected chi connectivity index (χ1v) is 7.73. The summed E-state index contributed by atoms with van der Waals surface area (Å²) in [6.07, 6.45) is -0.230. The number of benzene rings is 1. The molecule has 0 saturated heterocycles. The van der Waals surface area contributed by atoms with Crippen LogP contribution in [0.4, 0.5) is 0 Å². The first-order chi connectivity index (χ1) is 10.1. The Morgan fingerprint density at radius 2 is 1.55 bits per heavy atom. The van der Waals surface area contributed by atoms with E-state index in [2.05, 4.69) is 0 Å². The maximum atomic E-state index is 12.3. The molecule has 1 amide bonds. The van der Waals surface area contributed by atoms with Gasteiger partial charge in [-0.2, -0.15) is 0 Å². The Balaban J connectivity index is 2.72. The molecule has 0 N–H and O–H groups in total. The summed E-state index contributed by atoms with van der Waals surface area (Å²) in [6.45, 7) is 11.4. The van der Waals surface area contributed by atoms with Gasteiger partial charge in [-0.05, 0) is 47.1 Å². The van der Waals surface area contributed by atoms with E-state index in [4.69, 9.17) is 4.74 Å². The third-order valence-corrected chi connectivity index (χ3v) is 3.53. The van der Waals surface area contributed by atoms with E-state index in [-0.39, 0.29) is 24.4 Å². The van der Waals surface area contributed by atoms with Crippen molar-refractivity contribution in [1.82, 2.24) is 4.90 Å². The predicted molar refractivity (Wildman–Crippen MR) is 87.3 cm³/mol. The molecule has 1 rings (SSSR count). The quantitative estimate of drug-likeness (QED) is 0.597. The first kappa shape index (κ1) is 18.2. The lowest BCUT2D eigenvalue weighted by atomic mass is 9.98. The summed E-state index contributed by atoms with van der Waals surface area (Å²) in [7, 11) is 0. The summed E-state index contributed by atoms with van der Waals surface area (Å²) in [4.78, 5) is 26.1. The molecule has 0 atom stereocenters. The normalized spacial score (nSPS) is 11.6. The fraction of sp³-hybridized carbons (Fsp3) is 0.556. The molecule has 0 aliphatic carbocycles. The van der Waals surface area contributed by atoms with E-state index in [1.807, 2.05) is 71.9 Å². The number of esters is 1. The molecule has 1 aromatic rings. The number of rotatable bonds is 6. The van der Waals surface area contributed by atoms with Crippen LogP contribution >= 0.6 is 0 Å². The number of carbonyl (C=O) groups excluding carboxylic acids is 2. The van der Waals surface area contributed by atoms with Gasteiger partial charge in [0.15, 0.2) is 0 Å². The second kappa shape index (κ2) is 7.43. The Labute approximate surface area is 133 Å². The summed E-state index contributed by atoms with van der Waals surface area (Å²) < 4.78 is 5.52. The zero-order valence-corrected chi connectivity index (χ0v) is 14.4. The van der Waals surface area contributed by atoms with Gasteiger partial charge in [0.05, 0.1) is 0 Å². The fourth-order valence-electron chi connectivity index (χ4n) is 2.61. The highest BCUT2D eigenvalue weighted by molar-refractivity contribution is 5.94. The van der Waals surface area contributed by atoms with Crippen molar-refractivity contribution < 1.29 is 14.3 Å².